The highest BCUT2D eigenvalue weighted by molar-refractivity contribution is 5.76. The molecule has 7 nitrogen and oxygen atoms in total. The fourth-order valence-electron chi connectivity index (χ4n) is 5.45. The minimum Gasteiger partial charge on any atom is -0.493 e. The summed E-state index contributed by atoms with van der Waals surface area (Å²) in [5, 5.41) is 3.20. The first-order valence-corrected chi connectivity index (χ1v) is 13.0. The second kappa shape index (κ2) is 11.6. The number of para-hydroxylation sites is 1. The van der Waals surface area contributed by atoms with Gasteiger partial charge in [0, 0.05) is 51.5 Å². The standard InChI is InChI=1S/C30H36N4O3/c1-36-27-21-24-13-15-34(29(23-9-5-3-6-10-23)26(24)22-28(27)37-2)30(35)31-14-16-32-17-19-33(20-18-32)25-11-7-4-8-12-25/h3-12,21-22,29H,13-20H2,1-2H3,(H,31,35). The summed E-state index contributed by atoms with van der Waals surface area (Å²) in [6.07, 6.45) is 0.772. The molecule has 0 aromatic heterocycles. The number of rotatable bonds is 7. The number of hydrogen-bond donors (Lipinski definition) is 1. The predicted molar refractivity (Wildman–Crippen MR) is 147 cm³/mol. The van der Waals surface area contributed by atoms with Gasteiger partial charge in [-0.3, -0.25) is 4.90 Å². The second-order valence-electron chi connectivity index (χ2n) is 9.56. The summed E-state index contributed by atoms with van der Waals surface area (Å²) in [4.78, 5) is 20.3. The van der Waals surface area contributed by atoms with Gasteiger partial charge >= 0.3 is 6.03 Å². The van der Waals surface area contributed by atoms with Crippen LogP contribution in [-0.4, -0.2) is 75.9 Å². The monoisotopic (exact) mass is 500 g/mol. The molecular weight excluding hydrogens is 464 g/mol. The number of urea groups is 1. The molecule has 2 aliphatic heterocycles. The van der Waals surface area contributed by atoms with Crippen LogP contribution >= 0.6 is 0 Å². The number of benzene rings is 3. The van der Waals surface area contributed by atoms with Crippen LogP contribution in [0.15, 0.2) is 72.8 Å². The normalized spacial score (nSPS) is 17.7. The molecule has 3 aromatic carbocycles. The van der Waals surface area contributed by atoms with Gasteiger partial charge in [0.15, 0.2) is 11.5 Å². The highest BCUT2D eigenvalue weighted by Crippen LogP contribution is 2.41. The Bertz CT molecular complexity index is 1180. The van der Waals surface area contributed by atoms with Crippen LogP contribution in [0.2, 0.25) is 0 Å². The zero-order valence-electron chi connectivity index (χ0n) is 21.7. The third-order valence-corrected chi connectivity index (χ3v) is 7.45. The van der Waals surface area contributed by atoms with Crippen molar-refractivity contribution in [3.05, 3.63) is 89.5 Å². The molecule has 2 aliphatic rings. The molecule has 2 heterocycles. The van der Waals surface area contributed by atoms with Crippen LogP contribution < -0.4 is 19.7 Å². The smallest absolute Gasteiger partial charge is 0.318 e. The lowest BCUT2D eigenvalue weighted by Crippen LogP contribution is -2.50. The number of nitrogens with zero attached hydrogens (tertiary/aromatic N) is 3. The molecule has 1 N–H and O–H groups in total. The van der Waals surface area contributed by atoms with Gasteiger partial charge in [0.25, 0.3) is 0 Å². The van der Waals surface area contributed by atoms with Gasteiger partial charge in [-0.25, -0.2) is 4.79 Å². The van der Waals surface area contributed by atoms with Gasteiger partial charge in [-0.1, -0.05) is 48.5 Å². The number of carbonyl (C=O) groups is 1. The van der Waals surface area contributed by atoms with Crippen LogP contribution in [0, 0.1) is 0 Å². The molecule has 5 rings (SSSR count). The highest BCUT2D eigenvalue weighted by Gasteiger charge is 2.33. The first-order valence-electron chi connectivity index (χ1n) is 13.0. The lowest BCUT2D eigenvalue weighted by Gasteiger charge is -2.38. The average molecular weight is 501 g/mol. The number of ether oxygens (including phenoxy) is 2. The van der Waals surface area contributed by atoms with E-state index in [0.29, 0.717) is 18.8 Å². The van der Waals surface area contributed by atoms with E-state index in [-0.39, 0.29) is 12.1 Å². The molecule has 194 valence electrons. The Hall–Kier alpha value is -3.71. The van der Waals surface area contributed by atoms with Gasteiger partial charge in [0.05, 0.1) is 20.3 Å². The van der Waals surface area contributed by atoms with Crippen LogP contribution in [0.1, 0.15) is 22.7 Å². The Morgan fingerprint density at radius 2 is 1.51 bits per heavy atom. The first-order chi connectivity index (χ1) is 18.2. The van der Waals surface area contributed by atoms with Gasteiger partial charge in [-0.2, -0.15) is 0 Å². The summed E-state index contributed by atoms with van der Waals surface area (Å²) in [5.41, 5.74) is 4.64. The number of fused-ring (bicyclic) bond motifs is 1. The average Bonchev–Trinajstić information content (AvgIpc) is 2.97. The molecule has 0 spiro atoms. The quantitative estimate of drug-likeness (QED) is 0.528. The van der Waals surface area contributed by atoms with E-state index in [1.54, 1.807) is 14.2 Å². The number of piperazine rings is 1. The minimum absolute atomic E-state index is 0.0304. The van der Waals surface area contributed by atoms with Gasteiger partial charge < -0.3 is 24.6 Å². The van der Waals surface area contributed by atoms with Crippen molar-refractivity contribution in [3.8, 4) is 11.5 Å². The summed E-state index contributed by atoms with van der Waals surface area (Å²) >= 11 is 0. The van der Waals surface area contributed by atoms with Crippen molar-refractivity contribution >= 4 is 11.7 Å². The summed E-state index contributed by atoms with van der Waals surface area (Å²) in [6, 6.07) is 24.7. The topological polar surface area (TPSA) is 57.3 Å². The van der Waals surface area contributed by atoms with Gasteiger partial charge in [0.2, 0.25) is 0 Å². The Balaban J connectivity index is 1.24. The van der Waals surface area contributed by atoms with Crippen molar-refractivity contribution in [3.63, 3.8) is 0 Å². The maximum Gasteiger partial charge on any atom is 0.318 e. The molecule has 0 radical (unpaired) electrons. The number of carbonyl (C=O) groups excluding carboxylic acids is 1. The van der Waals surface area contributed by atoms with E-state index in [4.69, 9.17) is 9.47 Å². The Morgan fingerprint density at radius 1 is 0.865 bits per heavy atom. The second-order valence-corrected chi connectivity index (χ2v) is 9.56. The summed E-state index contributed by atoms with van der Waals surface area (Å²) < 4.78 is 11.1. The third-order valence-electron chi connectivity index (χ3n) is 7.45. The van der Waals surface area contributed by atoms with Crippen molar-refractivity contribution < 1.29 is 14.3 Å². The van der Waals surface area contributed by atoms with Crippen molar-refractivity contribution in [1.82, 2.24) is 15.1 Å². The maximum atomic E-state index is 13.5. The molecule has 1 fully saturated rings. The van der Waals surface area contributed by atoms with Crippen LogP contribution in [-0.2, 0) is 6.42 Å². The summed E-state index contributed by atoms with van der Waals surface area (Å²) in [5.74, 6) is 1.40. The molecule has 0 saturated carbocycles. The molecule has 0 bridgehead atoms. The zero-order chi connectivity index (χ0) is 25.6. The van der Waals surface area contributed by atoms with E-state index in [0.717, 1.165) is 56.0 Å². The SMILES string of the molecule is COc1cc2c(cc1OC)C(c1ccccc1)N(C(=O)NCCN1CCN(c3ccccc3)CC1)CC2. The van der Waals surface area contributed by atoms with Crippen LogP contribution in [0.3, 0.4) is 0 Å². The minimum atomic E-state index is -0.181. The van der Waals surface area contributed by atoms with E-state index < -0.39 is 0 Å². The molecule has 1 saturated heterocycles. The molecule has 2 amide bonds. The zero-order valence-corrected chi connectivity index (χ0v) is 21.7. The number of methoxy groups -OCH3 is 2. The number of nitrogens with one attached hydrogen (secondary N) is 1. The van der Waals surface area contributed by atoms with E-state index >= 15 is 0 Å². The molecule has 0 aliphatic carbocycles. The van der Waals surface area contributed by atoms with Crippen LogP contribution in [0.5, 0.6) is 11.5 Å². The van der Waals surface area contributed by atoms with Gasteiger partial charge in [-0.05, 0) is 47.4 Å². The number of amides is 2. The van der Waals surface area contributed by atoms with Crippen LogP contribution in [0.4, 0.5) is 10.5 Å². The summed E-state index contributed by atoms with van der Waals surface area (Å²) in [6.45, 7) is 6.11. The Morgan fingerprint density at radius 3 is 2.19 bits per heavy atom. The third kappa shape index (κ3) is 5.52. The Labute approximate surface area is 219 Å². The van der Waals surface area contributed by atoms with Crippen molar-refractivity contribution in [2.75, 3.05) is 64.9 Å². The lowest BCUT2D eigenvalue weighted by atomic mass is 9.88. The maximum absolute atomic E-state index is 13.5. The van der Waals surface area contributed by atoms with Gasteiger partial charge in [0.1, 0.15) is 0 Å². The molecule has 1 unspecified atom stereocenters. The van der Waals surface area contributed by atoms with Gasteiger partial charge in [-0.15, -0.1) is 0 Å². The van der Waals surface area contributed by atoms with Crippen molar-refractivity contribution in [2.24, 2.45) is 0 Å². The van der Waals surface area contributed by atoms with Crippen molar-refractivity contribution in [2.45, 2.75) is 12.5 Å². The molecule has 1 atom stereocenters. The van der Waals surface area contributed by atoms with E-state index in [1.165, 1.54) is 11.3 Å². The van der Waals surface area contributed by atoms with E-state index in [1.807, 2.05) is 29.2 Å². The van der Waals surface area contributed by atoms with Crippen molar-refractivity contribution in [1.29, 1.82) is 0 Å². The van der Waals surface area contributed by atoms with Crippen LogP contribution in [0.25, 0.3) is 0 Å². The Kier molecular flexibility index (Phi) is 7.80. The molecule has 7 heteroatoms. The first kappa shape index (κ1) is 25.0. The number of anilines is 1. The molecule has 3 aromatic rings. The fraction of sp³-hybridized carbons (Fsp3) is 0.367. The van der Waals surface area contributed by atoms with E-state index in [2.05, 4.69) is 63.6 Å². The highest BCUT2D eigenvalue weighted by atomic mass is 16.5. The molecular formula is C30H36N4O3. The largest absolute Gasteiger partial charge is 0.493 e. The molecule has 37 heavy (non-hydrogen) atoms. The lowest BCUT2D eigenvalue weighted by molar-refractivity contribution is 0.177. The predicted octanol–water partition coefficient (Wildman–Crippen LogP) is 4.18. The number of hydrogen-bond acceptors (Lipinski definition) is 5. The fourth-order valence-corrected chi connectivity index (χ4v) is 5.45. The summed E-state index contributed by atoms with van der Waals surface area (Å²) in [7, 11) is 3.30. The van der Waals surface area contributed by atoms with E-state index in [9.17, 15) is 4.79 Å².